The Hall–Kier alpha value is -1.92. The topological polar surface area (TPSA) is 33.0 Å². The lowest BCUT2D eigenvalue weighted by molar-refractivity contribution is 0.0435. The molecule has 4 atom stereocenters. The molecule has 2 nitrogen and oxygen atoms in total. The first-order valence-corrected chi connectivity index (χ1v) is 11.5. The van der Waals surface area contributed by atoms with Crippen molar-refractivity contribution in [2.75, 3.05) is 7.11 Å². The van der Waals surface area contributed by atoms with E-state index in [1.807, 2.05) is 11.8 Å². The van der Waals surface area contributed by atoms with Crippen molar-refractivity contribution in [2.45, 2.75) is 68.4 Å². The first-order chi connectivity index (χ1) is 13.8. The van der Waals surface area contributed by atoms with Crippen LogP contribution in [0.5, 0.6) is 5.75 Å². The third-order valence-corrected chi connectivity index (χ3v) is 9.30. The molecular formula is C26H31NOS. The number of hydrogen-bond acceptors (Lipinski definition) is 3. The molecule has 2 aromatic rings. The van der Waals surface area contributed by atoms with Crippen molar-refractivity contribution in [2.24, 2.45) is 11.3 Å². The third-order valence-electron chi connectivity index (χ3n) is 7.63. The zero-order valence-corrected chi connectivity index (χ0v) is 19.0. The van der Waals surface area contributed by atoms with E-state index in [4.69, 9.17) is 4.74 Å². The van der Waals surface area contributed by atoms with E-state index >= 15 is 0 Å². The predicted molar refractivity (Wildman–Crippen MR) is 121 cm³/mol. The average Bonchev–Trinajstić information content (AvgIpc) is 2.70. The molecule has 0 N–H and O–H groups in total. The van der Waals surface area contributed by atoms with Gasteiger partial charge in [0.1, 0.15) is 5.75 Å². The SMILES string of the molecule is COc1cc2c(cc1C)C(C#N)CC1C2(C)CCC(Sc2ccccc2)C1(C)C. The molecule has 0 amide bonds. The molecule has 4 unspecified atom stereocenters. The van der Waals surface area contributed by atoms with Gasteiger partial charge >= 0.3 is 0 Å². The van der Waals surface area contributed by atoms with E-state index in [2.05, 4.69) is 76.2 Å². The molecule has 0 heterocycles. The van der Waals surface area contributed by atoms with Crippen LogP contribution in [-0.4, -0.2) is 12.4 Å². The van der Waals surface area contributed by atoms with Crippen molar-refractivity contribution in [1.82, 2.24) is 0 Å². The minimum Gasteiger partial charge on any atom is -0.496 e. The summed E-state index contributed by atoms with van der Waals surface area (Å²) in [5.41, 5.74) is 3.92. The van der Waals surface area contributed by atoms with Crippen LogP contribution in [0.15, 0.2) is 47.4 Å². The van der Waals surface area contributed by atoms with Gasteiger partial charge in [0.15, 0.2) is 0 Å². The molecule has 2 aliphatic carbocycles. The maximum Gasteiger partial charge on any atom is 0.122 e. The number of rotatable bonds is 3. The number of benzene rings is 2. The number of nitriles is 1. The van der Waals surface area contributed by atoms with Gasteiger partial charge in [0.2, 0.25) is 0 Å². The molecule has 0 radical (unpaired) electrons. The summed E-state index contributed by atoms with van der Waals surface area (Å²) >= 11 is 2.02. The van der Waals surface area contributed by atoms with Gasteiger partial charge in [0.25, 0.3) is 0 Å². The zero-order chi connectivity index (χ0) is 20.8. The second kappa shape index (κ2) is 7.40. The highest BCUT2D eigenvalue weighted by Gasteiger charge is 2.55. The van der Waals surface area contributed by atoms with Crippen LogP contribution >= 0.6 is 11.8 Å². The first-order valence-electron chi connectivity index (χ1n) is 10.6. The van der Waals surface area contributed by atoms with Crippen molar-refractivity contribution >= 4 is 11.8 Å². The van der Waals surface area contributed by atoms with E-state index in [9.17, 15) is 5.26 Å². The van der Waals surface area contributed by atoms with Crippen molar-refractivity contribution < 1.29 is 4.74 Å². The maximum absolute atomic E-state index is 10.0. The number of hydrogen-bond donors (Lipinski definition) is 0. The predicted octanol–water partition coefficient (Wildman–Crippen LogP) is 6.87. The molecule has 4 rings (SSSR count). The van der Waals surface area contributed by atoms with Gasteiger partial charge in [-0.05, 0) is 77.8 Å². The number of fused-ring (bicyclic) bond motifs is 3. The number of thioether (sulfide) groups is 1. The Bertz CT molecular complexity index is 945. The van der Waals surface area contributed by atoms with Gasteiger partial charge in [0.05, 0.1) is 19.1 Å². The highest BCUT2D eigenvalue weighted by molar-refractivity contribution is 8.00. The van der Waals surface area contributed by atoms with Crippen LogP contribution < -0.4 is 4.74 Å². The van der Waals surface area contributed by atoms with E-state index in [-0.39, 0.29) is 16.7 Å². The lowest BCUT2D eigenvalue weighted by Crippen LogP contribution is -2.53. The monoisotopic (exact) mass is 405 g/mol. The number of methoxy groups -OCH3 is 1. The van der Waals surface area contributed by atoms with Crippen molar-refractivity contribution in [3.8, 4) is 11.8 Å². The summed E-state index contributed by atoms with van der Waals surface area (Å²) in [6.07, 6.45) is 3.29. The summed E-state index contributed by atoms with van der Waals surface area (Å²) in [6.45, 7) is 9.38. The second-order valence-electron chi connectivity index (χ2n) is 9.58. The molecule has 0 aliphatic heterocycles. The minimum absolute atomic E-state index is 0.0348. The molecule has 1 saturated carbocycles. The summed E-state index contributed by atoms with van der Waals surface area (Å²) in [7, 11) is 1.75. The summed E-state index contributed by atoms with van der Waals surface area (Å²) in [5.74, 6) is 1.38. The molecular weight excluding hydrogens is 374 g/mol. The molecule has 29 heavy (non-hydrogen) atoms. The highest BCUT2D eigenvalue weighted by atomic mass is 32.2. The fraction of sp³-hybridized carbons (Fsp3) is 0.500. The molecule has 0 saturated heterocycles. The fourth-order valence-electron chi connectivity index (χ4n) is 5.98. The van der Waals surface area contributed by atoms with Gasteiger partial charge in [-0.2, -0.15) is 5.26 Å². The van der Waals surface area contributed by atoms with Crippen LogP contribution in [0, 0.1) is 29.6 Å². The first kappa shape index (κ1) is 20.4. The Balaban J connectivity index is 1.76. The largest absolute Gasteiger partial charge is 0.496 e. The minimum atomic E-state index is -0.0348. The molecule has 0 bridgehead atoms. The van der Waals surface area contributed by atoms with E-state index < -0.39 is 0 Å². The van der Waals surface area contributed by atoms with Crippen LogP contribution in [0.2, 0.25) is 0 Å². The van der Waals surface area contributed by atoms with Gasteiger partial charge in [-0.15, -0.1) is 11.8 Å². The molecule has 2 aromatic carbocycles. The van der Waals surface area contributed by atoms with E-state index in [0.29, 0.717) is 11.2 Å². The maximum atomic E-state index is 10.0. The van der Waals surface area contributed by atoms with Crippen molar-refractivity contribution in [3.05, 3.63) is 59.2 Å². The molecule has 0 aromatic heterocycles. The van der Waals surface area contributed by atoms with Crippen molar-refractivity contribution in [3.63, 3.8) is 0 Å². The van der Waals surface area contributed by atoms with Gasteiger partial charge in [-0.3, -0.25) is 0 Å². The van der Waals surface area contributed by atoms with Gasteiger partial charge in [-0.1, -0.05) is 45.0 Å². The summed E-state index contributed by atoms with van der Waals surface area (Å²) < 4.78 is 5.67. The van der Waals surface area contributed by atoms with Crippen LogP contribution in [0.3, 0.4) is 0 Å². The van der Waals surface area contributed by atoms with Crippen LogP contribution in [-0.2, 0) is 5.41 Å². The van der Waals surface area contributed by atoms with Crippen LogP contribution in [0.25, 0.3) is 0 Å². The second-order valence-corrected chi connectivity index (χ2v) is 10.9. The standard InChI is InChI=1S/C26H31NOS/c1-17-13-20-18(16-27)14-23-25(2,3)24(29-19-9-7-6-8-10-19)11-12-26(23,4)21(20)15-22(17)28-5/h6-10,13,15,18,23-24H,11-12,14H2,1-5H3. The molecule has 152 valence electrons. The Morgan fingerprint density at radius 3 is 2.52 bits per heavy atom. The lowest BCUT2D eigenvalue weighted by Gasteiger charge is -2.58. The molecule has 3 heteroatoms. The molecule has 0 spiro atoms. The summed E-state index contributed by atoms with van der Waals surface area (Å²) in [5, 5.41) is 10.6. The number of aryl methyl sites for hydroxylation is 1. The fourth-order valence-corrected chi connectivity index (χ4v) is 7.33. The average molecular weight is 406 g/mol. The quantitative estimate of drug-likeness (QED) is 0.558. The number of ether oxygens (including phenoxy) is 1. The smallest absolute Gasteiger partial charge is 0.122 e. The third kappa shape index (κ3) is 3.26. The number of nitrogens with zero attached hydrogens (tertiary/aromatic N) is 1. The molecule has 2 aliphatic rings. The van der Waals surface area contributed by atoms with Crippen LogP contribution in [0.1, 0.15) is 62.6 Å². The lowest BCUT2D eigenvalue weighted by atomic mass is 9.48. The van der Waals surface area contributed by atoms with E-state index in [0.717, 1.165) is 24.2 Å². The Morgan fingerprint density at radius 2 is 1.86 bits per heavy atom. The Kier molecular flexibility index (Phi) is 5.20. The van der Waals surface area contributed by atoms with Crippen LogP contribution in [0.4, 0.5) is 0 Å². The summed E-state index contributed by atoms with van der Waals surface area (Å²) in [6, 6.07) is 17.8. The Labute approximate surface area is 179 Å². The zero-order valence-electron chi connectivity index (χ0n) is 18.2. The van der Waals surface area contributed by atoms with Gasteiger partial charge in [0, 0.05) is 10.1 Å². The van der Waals surface area contributed by atoms with E-state index in [1.165, 1.54) is 22.4 Å². The highest BCUT2D eigenvalue weighted by Crippen LogP contribution is 2.62. The van der Waals surface area contributed by atoms with E-state index in [1.54, 1.807) is 7.11 Å². The Morgan fingerprint density at radius 1 is 1.14 bits per heavy atom. The van der Waals surface area contributed by atoms with Crippen molar-refractivity contribution in [1.29, 1.82) is 5.26 Å². The summed E-state index contributed by atoms with van der Waals surface area (Å²) in [4.78, 5) is 1.35. The molecule has 1 fully saturated rings. The van der Waals surface area contributed by atoms with Gasteiger partial charge in [-0.25, -0.2) is 0 Å². The van der Waals surface area contributed by atoms with Gasteiger partial charge < -0.3 is 4.74 Å². The normalized spacial score (nSPS) is 30.0.